The first-order valence-corrected chi connectivity index (χ1v) is 5.09. The van der Waals surface area contributed by atoms with Gasteiger partial charge in [0.2, 0.25) is 0 Å². The van der Waals surface area contributed by atoms with Crippen LogP contribution >= 0.6 is 0 Å². The normalized spacial score (nSPS) is 12.8. The number of benzene rings is 1. The highest BCUT2D eigenvalue weighted by Crippen LogP contribution is 2.17. The fourth-order valence-electron chi connectivity index (χ4n) is 1.57. The van der Waals surface area contributed by atoms with Crippen molar-refractivity contribution in [1.82, 2.24) is 0 Å². The van der Waals surface area contributed by atoms with Crippen molar-refractivity contribution < 1.29 is 0 Å². The highest BCUT2D eigenvalue weighted by atomic mass is 14.6. The maximum Gasteiger partial charge on any atom is 0.0268 e. The van der Waals surface area contributed by atoms with Gasteiger partial charge in [0.05, 0.1) is 0 Å². The summed E-state index contributed by atoms with van der Waals surface area (Å²) in [6.45, 7) is 4.26. The topological polar surface area (TPSA) is 26.0 Å². The summed E-state index contributed by atoms with van der Waals surface area (Å²) in [6, 6.07) is 8.64. The van der Waals surface area contributed by atoms with Crippen molar-refractivity contribution in [2.75, 3.05) is 0 Å². The summed E-state index contributed by atoms with van der Waals surface area (Å²) in [4.78, 5) is 0. The van der Waals surface area contributed by atoms with E-state index in [1.54, 1.807) is 0 Å². The molecule has 2 N–H and O–H groups in total. The van der Waals surface area contributed by atoms with E-state index in [1.165, 1.54) is 24.0 Å². The van der Waals surface area contributed by atoms with Gasteiger partial charge in [0.25, 0.3) is 0 Å². The van der Waals surface area contributed by atoms with Gasteiger partial charge < -0.3 is 5.73 Å². The molecule has 0 amide bonds. The molecule has 1 heteroatoms. The van der Waals surface area contributed by atoms with E-state index in [4.69, 9.17) is 5.73 Å². The van der Waals surface area contributed by atoms with Crippen molar-refractivity contribution in [1.29, 1.82) is 0 Å². The van der Waals surface area contributed by atoms with Gasteiger partial charge in [-0.3, -0.25) is 0 Å². The number of unbranched alkanes of at least 4 members (excludes halogenated alkanes) is 1. The van der Waals surface area contributed by atoms with Crippen LogP contribution < -0.4 is 5.73 Å². The van der Waals surface area contributed by atoms with E-state index in [-0.39, 0.29) is 6.04 Å². The Morgan fingerprint density at radius 1 is 1.31 bits per heavy atom. The highest BCUT2D eigenvalue weighted by Gasteiger charge is 2.04. The molecule has 0 fully saturated rings. The van der Waals surface area contributed by atoms with Crippen LogP contribution in [0.1, 0.15) is 43.9 Å². The molecule has 72 valence electrons. The lowest BCUT2D eigenvalue weighted by Crippen LogP contribution is -2.08. The van der Waals surface area contributed by atoms with Crippen LogP contribution in [-0.2, 0) is 6.42 Å². The highest BCUT2D eigenvalue weighted by molar-refractivity contribution is 5.29. The maximum atomic E-state index is 5.89. The quantitative estimate of drug-likeness (QED) is 0.751. The Morgan fingerprint density at radius 2 is 2.00 bits per heavy atom. The molecule has 13 heavy (non-hydrogen) atoms. The van der Waals surface area contributed by atoms with Crippen LogP contribution in [0.3, 0.4) is 0 Å². The van der Waals surface area contributed by atoms with E-state index in [0.717, 1.165) is 6.42 Å². The molecule has 0 spiro atoms. The predicted octanol–water partition coefficient (Wildman–Crippen LogP) is 3.05. The zero-order chi connectivity index (χ0) is 9.68. The van der Waals surface area contributed by atoms with Crippen LogP contribution in [0.5, 0.6) is 0 Å². The summed E-state index contributed by atoms with van der Waals surface area (Å²) in [5.41, 5.74) is 8.60. The van der Waals surface area contributed by atoms with Crippen LogP contribution in [0.4, 0.5) is 0 Å². The lowest BCUT2D eigenvalue weighted by molar-refractivity contribution is 0.754. The standard InChI is InChI=1S/C12H19N/c1-3-4-7-11-8-5-6-9-12(11)10(2)13/h5-6,8-10H,3-4,7,13H2,1-2H3. The molecule has 1 aromatic carbocycles. The van der Waals surface area contributed by atoms with Crippen LogP contribution in [0.2, 0.25) is 0 Å². The number of aryl methyl sites for hydroxylation is 1. The molecule has 0 aliphatic rings. The molecule has 0 heterocycles. The number of rotatable bonds is 4. The lowest BCUT2D eigenvalue weighted by Gasteiger charge is -2.11. The van der Waals surface area contributed by atoms with Crippen molar-refractivity contribution in [2.45, 2.75) is 39.2 Å². The first kappa shape index (κ1) is 10.3. The van der Waals surface area contributed by atoms with Gasteiger partial charge in [-0.1, -0.05) is 37.6 Å². The van der Waals surface area contributed by atoms with Gasteiger partial charge in [0, 0.05) is 6.04 Å². The average Bonchev–Trinajstić information content (AvgIpc) is 2.15. The van der Waals surface area contributed by atoms with Crippen LogP contribution in [0.15, 0.2) is 24.3 Å². The molecule has 1 atom stereocenters. The van der Waals surface area contributed by atoms with Gasteiger partial charge in [-0.05, 0) is 30.9 Å². The summed E-state index contributed by atoms with van der Waals surface area (Å²) in [6.07, 6.45) is 3.66. The Morgan fingerprint density at radius 3 is 2.62 bits per heavy atom. The molecule has 1 unspecified atom stereocenters. The Kier molecular flexibility index (Phi) is 3.97. The third kappa shape index (κ3) is 2.85. The molecular weight excluding hydrogens is 158 g/mol. The SMILES string of the molecule is CCCCc1ccccc1C(C)N. The van der Waals surface area contributed by atoms with Crippen molar-refractivity contribution in [3.8, 4) is 0 Å². The van der Waals surface area contributed by atoms with Gasteiger partial charge in [-0.2, -0.15) is 0 Å². The first-order chi connectivity index (χ1) is 6.25. The predicted molar refractivity (Wildman–Crippen MR) is 57.7 cm³/mol. The number of nitrogens with two attached hydrogens (primary N) is 1. The number of hydrogen-bond acceptors (Lipinski definition) is 1. The fourth-order valence-corrected chi connectivity index (χ4v) is 1.57. The van der Waals surface area contributed by atoms with Gasteiger partial charge in [0.15, 0.2) is 0 Å². The van der Waals surface area contributed by atoms with E-state index in [0.29, 0.717) is 0 Å². The molecule has 0 bridgehead atoms. The summed E-state index contributed by atoms with van der Waals surface area (Å²) in [5.74, 6) is 0. The molecule has 0 radical (unpaired) electrons. The minimum absolute atomic E-state index is 0.160. The average molecular weight is 177 g/mol. The number of hydrogen-bond donors (Lipinski definition) is 1. The second-order valence-electron chi connectivity index (χ2n) is 3.59. The summed E-state index contributed by atoms with van der Waals surface area (Å²) < 4.78 is 0. The van der Waals surface area contributed by atoms with Crippen molar-refractivity contribution in [2.24, 2.45) is 5.73 Å². The molecule has 0 aromatic heterocycles. The third-order valence-electron chi connectivity index (χ3n) is 2.35. The minimum Gasteiger partial charge on any atom is -0.324 e. The fraction of sp³-hybridized carbons (Fsp3) is 0.500. The van der Waals surface area contributed by atoms with Gasteiger partial charge in [-0.15, -0.1) is 0 Å². The Bertz CT molecular complexity index is 253. The molecule has 0 aliphatic carbocycles. The van der Waals surface area contributed by atoms with Crippen molar-refractivity contribution >= 4 is 0 Å². The monoisotopic (exact) mass is 177 g/mol. The van der Waals surface area contributed by atoms with Crippen LogP contribution in [0.25, 0.3) is 0 Å². The van der Waals surface area contributed by atoms with E-state index < -0.39 is 0 Å². The molecule has 0 saturated heterocycles. The second-order valence-corrected chi connectivity index (χ2v) is 3.59. The molecule has 0 aliphatic heterocycles. The van der Waals surface area contributed by atoms with Crippen LogP contribution in [0, 0.1) is 0 Å². The second kappa shape index (κ2) is 5.03. The largest absolute Gasteiger partial charge is 0.324 e. The lowest BCUT2D eigenvalue weighted by atomic mass is 9.98. The zero-order valence-electron chi connectivity index (χ0n) is 8.59. The summed E-state index contributed by atoms with van der Waals surface area (Å²) in [7, 11) is 0. The van der Waals surface area contributed by atoms with E-state index in [1.807, 2.05) is 6.92 Å². The molecular formula is C12H19N. The van der Waals surface area contributed by atoms with Gasteiger partial charge in [0.1, 0.15) is 0 Å². The first-order valence-electron chi connectivity index (χ1n) is 5.09. The van der Waals surface area contributed by atoms with Gasteiger partial charge in [-0.25, -0.2) is 0 Å². The maximum absolute atomic E-state index is 5.89. The van der Waals surface area contributed by atoms with Crippen molar-refractivity contribution in [3.05, 3.63) is 35.4 Å². The molecule has 1 nitrogen and oxygen atoms in total. The zero-order valence-corrected chi connectivity index (χ0v) is 8.59. The van der Waals surface area contributed by atoms with Gasteiger partial charge >= 0.3 is 0 Å². The summed E-state index contributed by atoms with van der Waals surface area (Å²) >= 11 is 0. The Balaban J connectivity index is 2.78. The van der Waals surface area contributed by atoms with E-state index in [2.05, 4.69) is 31.2 Å². The van der Waals surface area contributed by atoms with Crippen molar-refractivity contribution in [3.63, 3.8) is 0 Å². The molecule has 0 saturated carbocycles. The van der Waals surface area contributed by atoms with E-state index >= 15 is 0 Å². The van der Waals surface area contributed by atoms with E-state index in [9.17, 15) is 0 Å². The summed E-state index contributed by atoms with van der Waals surface area (Å²) in [5, 5.41) is 0. The molecule has 1 aromatic rings. The minimum atomic E-state index is 0.160. The Hall–Kier alpha value is -0.820. The third-order valence-corrected chi connectivity index (χ3v) is 2.35. The Labute approximate surface area is 81.0 Å². The van der Waals surface area contributed by atoms with Crippen LogP contribution in [-0.4, -0.2) is 0 Å². The molecule has 1 rings (SSSR count). The smallest absolute Gasteiger partial charge is 0.0268 e.